The van der Waals surface area contributed by atoms with Crippen molar-refractivity contribution in [3.63, 3.8) is 0 Å². The van der Waals surface area contributed by atoms with E-state index < -0.39 is 0 Å². The van der Waals surface area contributed by atoms with Crippen LogP contribution in [0.1, 0.15) is 5.56 Å². The number of hydrogen-bond acceptors (Lipinski definition) is 1. The van der Waals surface area contributed by atoms with Crippen LogP contribution in [0.2, 0.25) is 0 Å². The first kappa shape index (κ1) is 8.85. The van der Waals surface area contributed by atoms with Gasteiger partial charge in [0.25, 0.3) is 0 Å². The molecule has 1 heteroatoms. The molecule has 0 saturated heterocycles. The fourth-order valence-corrected chi connectivity index (χ4v) is 1.05. The van der Waals surface area contributed by atoms with E-state index in [4.69, 9.17) is 0 Å². The van der Waals surface area contributed by atoms with Gasteiger partial charge < -0.3 is 4.90 Å². The van der Waals surface area contributed by atoms with Crippen molar-refractivity contribution in [2.45, 2.75) is 6.54 Å². The van der Waals surface area contributed by atoms with Crippen LogP contribution in [0.5, 0.6) is 0 Å². The van der Waals surface area contributed by atoms with Gasteiger partial charge in [0.15, 0.2) is 0 Å². The number of nitrogens with zero attached hydrogens (tertiary/aromatic N) is 1. The number of benzene rings is 1. The predicted molar refractivity (Wildman–Crippen MR) is 52.4 cm³/mol. The van der Waals surface area contributed by atoms with Crippen molar-refractivity contribution in [1.29, 1.82) is 0 Å². The summed E-state index contributed by atoms with van der Waals surface area (Å²) >= 11 is 0. The second kappa shape index (κ2) is 4.60. The van der Waals surface area contributed by atoms with Crippen LogP contribution >= 0.6 is 0 Å². The van der Waals surface area contributed by atoms with Crippen molar-refractivity contribution < 1.29 is 0 Å². The first-order chi connectivity index (χ1) is 5.86. The summed E-state index contributed by atoms with van der Waals surface area (Å²) < 4.78 is 0. The highest BCUT2D eigenvalue weighted by molar-refractivity contribution is 5.14. The Labute approximate surface area is 74.3 Å². The van der Waals surface area contributed by atoms with E-state index in [1.54, 1.807) is 0 Å². The van der Waals surface area contributed by atoms with Gasteiger partial charge in [-0.2, -0.15) is 0 Å². The second-order valence-electron chi connectivity index (χ2n) is 2.64. The van der Waals surface area contributed by atoms with E-state index in [9.17, 15) is 0 Å². The Morgan fingerprint density at radius 1 is 1.25 bits per heavy atom. The van der Waals surface area contributed by atoms with Gasteiger partial charge >= 0.3 is 0 Å². The van der Waals surface area contributed by atoms with E-state index in [0.29, 0.717) is 0 Å². The molecule has 0 aromatic heterocycles. The van der Waals surface area contributed by atoms with Crippen LogP contribution in [0.25, 0.3) is 0 Å². The van der Waals surface area contributed by atoms with Gasteiger partial charge in [-0.1, -0.05) is 36.9 Å². The summed E-state index contributed by atoms with van der Waals surface area (Å²) in [7, 11) is 0. The molecule has 0 fully saturated rings. The summed E-state index contributed by atoms with van der Waals surface area (Å²) in [5.74, 6) is 0. The van der Waals surface area contributed by atoms with Gasteiger partial charge in [-0.25, -0.2) is 0 Å². The Bertz CT molecular complexity index is 228. The van der Waals surface area contributed by atoms with Crippen LogP contribution < -0.4 is 0 Å². The van der Waals surface area contributed by atoms with Gasteiger partial charge in [-0.3, -0.25) is 0 Å². The fourth-order valence-electron chi connectivity index (χ4n) is 1.05. The quantitative estimate of drug-likeness (QED) is 0.654. The molecule has 1 aromatic carbocycles. The minimum Gasteiger partial charge on any atom is -0.374 e. The predicted octanol–water partition coefficient (Wildman–Crippen LogP) is 2.47. The average molecular weight is 160 g/mol. The van der Waals surface area contributed by atoms with Crippen molar-refractivity contribution in [2.75, 3.05) is 6.54 Å². The maximum atomic E-state index is 3.81. The molecular formula is C11H14N. The molecule has 0 heterocycles. The summed E-state index contributed by atoms with van der Waals surface area (Å²) in [6, 6.07) is 10.3. The van der Waals surface area contributed by atoms with Crippen molar-refractivity contribution in [3.8, 4) is 0 Å². The minimum atomic E-state index is 0.762. The molecule has 0 saturated carbocycles. The van der Waals surface area contributed by atoms with Gasteiger partial charge in [0.2, 0.25) is 0 Å². The molecular weight excluding hydrogens is 146 g/mol. The van der Waals surface area contributed by atoms with Crippen LogP contribution in [0.4, 0.5) is 0 Å². The highest BCUT2D eigenvalue weighted by Crippen LogP contribution is 2.03. The third-order valence-electron chi connectivity index (χ3n) is 1.77. The van der Waals surface area contributed by atoms with E-state index in [2.05, 4.69) is 30.5 Å². The van der Waals surface area contributed by atoms with Gasteiger partial charge in [0, 0.05) is 13.1 Å². The Balaban J connectivity index is 2.56. The van der Waals surface area contributed by atoms with Crippen molar-refractivity contribution >= 4 is 0 Å². The molecule has 0 atom stereocenters. The third-order valence-corrected chi connectivity index (χ3v) is 1.77. The summed E-state index contributed by atoms with van der Waals surface area (Å²) in [4.78, 5) is 2.06. The maximum absolute atomic E-state index is 3.81. The Morgan fingerprint density at radius 3 is 2.42 bits per heavy atom. The number of hydrogen-bond donors (Lipinski definition) is 0. The zero-order chi connectivity index (χ0) is 8.81. The summed E-state index contributed by atoms with van der Waals surface area (Å²) in [5.41, 5.74) is 1.29. The van der Waals surface area contributed by atoms with Crippen LogP contribution in [0.3, 0.4) is 0 Å². The molecule has 0 N–H and O–H groups in total. The summed E-state index contributed by atoms with van der Waals surface area (Å²) in [6.07, 6.45) is 1.82. The standard InChI is InChI=1S/C11H14N/c1-3-12(4-2)10-11-8-6-5-7-9-11/h3,5-9H,1-2,4,10H2. The molecule has 0 bridgehead atoms. The first-order valence-corrected chi connectivity index (χ1v) is 4.06. The van der Waals surface area contributed by atoms with Crippen LogP contribution in [-0.4, -0.2) is 11.4 Å². The SMILES string of the molecule is [CH2]CN(C=C)Cc1ccccc1. The molecule has 63 valence electrons. The van der Waals surface area contributed by atoms with E-state index in [1.807, 2.05) is 24.4 Å². The lowest BCUT2D eigenvalue weighted by atomic mass is 10.2. The lowest BCUT2D eigenvalue weighted by molar-refractivity contribution is 0.409. The Morgan fingerprint density at radius 2 is 1.92 bits per heavy atom. The third kappa shape index (κ3) is 2.42. The highest BCUT2D eigenvalue weighted by atomic mass is 15.1. The zero-order valence-corrected chi connectivity index (χ0v) is 7.24. The Kier molecular flexibility index (Phi) is 3.39. The van der Waals surface area contributed by atoms with Crippen LogP contribution in [0, 0.1) is 6.92 Å². The molecule has 1 rings (SSSR count). The van der Waals surface area contributed by atoms with Gasteiger partial charge in [0.1, 0.15) is 0 Å². The summed E-state index contributed by atoms with van der Waals surface area (Å²) in [5, 5.41) is 0. The zero-order valence-electron chi connectivity index (χ0n) is 7.24. The van der Waals surface area contributed by atoms with E-state index >= 15 is 0 Å². The monoisotopic (exact) mass is 160 g/mol. The van der Waals surface area contributed by atoms with Crippen LogP contribution in [0.15, 0.2) is 43.1 Å². The fraction of sp³-hybridized carbons (Fsp3) is 0.182. The number of rotatable bonds is 4. The molecule has 0 spiro atoms. The van der Waals surface area contributed by atoms with Gasteiger partial charge in [-0.15, -0.1) is 0 Å². The van der Waals surface area contributed by atoms with E-state index in [-0.39, 0.29) is 0 Å². The van der Waals surface area contributed by atoms with Crippen molar-refractivity contribution in [3.05, 3.63) is 55.6 Å². The molecule has 0 aliphatic rings. The minimum absolute atomic E-state index is 0.762. The van der Waals surface area contributed by atoms with Crippen molar-refractivity contribution in [1.82, 2.24) is 4.90 Å². The molecule has 1 aromatic rings. The van der Waals surface area contributed by atoms with E-state index in [0.717, 1.165) is 13.1 Å². The smallest absolute Gasteiger partial charge is 0.0423 e. The molecule has 12 heavy (non-hydrogen) atoms. The largest absolute Gasteiger partial charge is 0.374 e. The lowest BCUT2D eigenvalue weighted by Gasteiger charge is -2.16. The molecule has 1 nitrogen and oxygen atoms in total. The molecule has 0 unspecified atom stereocenters. The first-order valence-electron chi connectivity index (χ1n) is 4.06. The summed E-state index contributed by atoms with van der Waals surface area (Å²) in [6.45, 7) is 9.18. The van der Waals surface area contributed by atoms with Crippen molar-refractivity contribution in [2.24, 2.45) is 0 Å². The molecule has 0 amide bonds. The normalized spacial score (nSPS) is 9.42. The van der Waals surface area contributed by atoms with Gasteiger partial charge in [-0.05, 0) is 18.7 Å². The topological polar surface area (TPSA) is 3.24 Å². The van der Waals surface area contributed by atoms with E-state index in [1.165, 1.54) is 5.56 Å². The van der Waals surface area contributed by atoms with Gasteiger partial charge in [0.05, 0.1) is 0 Å². The molecule has 0 aliphatic carbocycles. The molecule has 1 radical (unpaired) electrons. The second-order valence-corrected chi connectivity index (χ2v) is 2.64. The highest BCUT2D eigenvalue weighted by Gasteiger charge is 1.95. The molecule has 0 aliphatic heterocycles. The lowest BCUT2D eigenvalue weighted by Crippen LogP contribution is -2.15. The Hall–Kier alpha value is -1.24. The maximum Gasteiger partial charge on any atom is 0.0423 e. The van der Waals surface area contributed by atoms with Crippen LogP contribution in [-0.2, 0) is 6.54 Å². The average Bonchev–Trinajstić information content (AvgIpc) is 2.16.